The van der Waals surface area contributed by atoms with Gasteiger partial charge in [0.15, 0.2) is 0 Å². The van der Waals surface area contributed by atoms with Gasteiger partial charge in [-0.2, -0.15) is 0 Å². The normalized spacial score (nSPS) is 10.4. The third kappa shape index (κ3) is 0.886. The number of H-pyrrole nitrogens is 1. The zero-order valence-electron chi connectivity index (χ0n) is 4.89. The van der Waals surface area contributed by atoms with Crippen molar-refractivity contribution in [3.63, 3.8) is 0 Å². The van der Waals surface area contributed by atoms with E-state index in [1.807, 2.05) is 6.92 Å². The second-order valence-corrected chi connectivity index (χ2v) is 1.88. The van der Waals surface area contributed by atoms with Crippen molar-refractivity contribution in [3.05, 3.63) is 25.1 Å². The van der Waals surface area contributed by atoms with E-state index >= 15 is 0 Å². The molecule has 0 aliphatic heterocycles. The Morgan fingerprint density at radius 3 is 2.88 bits per heavy atom. The summed E-state index contributed by atoms with van der Waals surface area (Å²) in [6.07, 6.45) is 3.54. The first-order valence-corrected chi connectivity index (χ1v) is 2.63. The smallest absolute Gasteiger partial charge is 0.108 e. The van der Waals surface area contributed by atoms with Crippen LogP contribution in [0.15, 0.2) is 12.4 Å². The van der Waals surface area contributed by atoms with Crippen molar-refractivity contribution in [2.24, 2.45) is 0 Å². The molecule has 0 bridgehead atoms. The molecule has 0 aliphatic rings. The summed E-state index contributed by atoms with van der Waals surface area (Å²) in [4.78, 5) is 6.96. The fourth-order valence-corrected chi connectivity index (χ4v) is 0.547. The highest BCUT2D eigenvalue weighted by atomic mass is 14.9. The number of hydrogen-bond donors (Lipinski definition) is 1. The van der Waals surface area contributed by atoms with Crippen LogP contribution in [0.25, 0.3) is 0 Å². The van der Waals surface area contributed by atoms with Crippen LogP contribution >= 0.6 is 0 Å². The fraction of sp³-hybridized carbons (Fsp3) is 0.333. The lowest BCUT2D eigenvalue weighted by Gasteiger charge is -1.94. The fourth-order valence-electron chi connectivity index (χ4n) is 0.547. The SMILES string of the molecule is [CH2]C(C)c1ncc[nH]1. The molecule has 1 rings (SSSR count). The Morgan fingerprint density at radius 2 is 2.62 bits per heavy atom. The standard InChI is InChI=1S/C6H9N2/c1-5(2)6-7-3-4-8-6/h3-5H,1H2,2H3,(H,7,8). The molecule has 2 heteroatoms. The van der Waals surface area contributed by atoms with Crippen LogP contribution in [0.1, 0.15) is 18.7 Å². The van der Waals surface area contributed by atoms with Crippen molar-refractivity contribution in [2.45, 2.75) is 12.8 Å². The lowest BCUT2D eigenvalue weighted by atomic mass is 10.2. The summed E-state index contributed by atoms with van der Waals surface area (Å²) in [5.74, 6) is 1.22. The van der Waals surface area contributed by atoms with Crippen LogP contribution in [0.3, 0.4) is 0 Å². The van der Waals surface area contributed by atoms with E-state index in [1.54, 1.807) is 12.4 Å². The van der Waals surface area contributed by atoms with Crippen molar-refractivity contribution in [3.8, 4) is 0 Å². The summed E-state index contributed by atoms with van der Waals surface area (Å²) >= 11 is 0. The molecule has 1 unspecified atom stereocenters. The second-order valence-electron chi connectivity index (χ2n) is 1.88. The molecule has 0 amide bonds. The van der Waals surface area contributed by atoms with Crippen LogP contribution < -0.4 is 0 Å². The first-order valence-electron chi connectivity index (χ1n) is 2.63. The van der Waals surface area contributed by atoms with Gasteiger partial charge in [0.05, 0.1) is 0 Å². The van der Waals surface area contributed by atoms with Crippen LogP contribution in [-0.4, -0.2) is 9.97 Å². The van der Waals surface area contributed by atoms with E-state index in [4.69, 9.17) is 0 Å². The molecule has 1 aromatic rings. The maximum Gasteiger partial charge on any atom is 0.108 e. The highest BCUT2D eigenvalue weighted by Crippen LogP contribution is 2.04. The summed E-state index contributed by atoms with van der Waals surface area (Å²) in [6, 6.07) is 0. The van der Waals surface area contributed by atoms with E-state index in [2.05, 4.69) is 16.9 Å². The van der Waals surface area contributed by atoms with E-state index in [0.717, 1.165) is 5.82 Å². The molecule has 1 radical (unpaired) electrons. The molecule has 1 heterocycles. The van der Waals surface area contributed by atoms with Gasteiger partial charge in [-0.15, -0.1) is 0 Å². The predicted molar refractivity (Wildman–Crippen MR) is 32.4 cm³/mol. The van der Waals surface area contributed by atoms with Crippen molar-refractivity contribution < 1.29 is 0 Å². The summed E-state index contributed by atoms with van der Waals surface area (Å²) in [5, 5.41) is 0. The van der Waals surface area contributed by atoms with E-state index in [1.165, 1.54) is 0 Å². The van der Waals surface area contributed by atoms with Crippen LogP contribution in [0, 0.1) is 6.92 Å². The maximum absolute atomic E-state index is 4.00. The van der Waals surface area contributed by atoms with Gasteiger partial charge in [0.2, 0.25) is 0 Å². The molecule has 1 aromatic heterocycles. The highest BCUT2D eigenvalue weighted by molar-refractivity contribution is 4.95. The maximum atomic E-state index is 4.00. The molecule has 8 heavy (non-hydrogen) atoms. The quantitative estimate of drug-likeness (QED) is 0.579. The van der Waals surface area contributed by atoms with Crippen LogP contribution in [0.4, 0.5) is 0 Å². The second kappa shape index (κ2) is 1.99. The first kappa shape index (κ1) is 5.35. The van der Waals surface area contributed by atoms with Gasteiger partial charge in [-0.05, 0) is 6.92 Å². The van der Waals surface area contributed by atoms with Crippen molar-refractivity contribution in [2.75, 3.05) is 0 Å². The largest absolute Gasteiger partial charge is 0.348 e. The van der Waals surface area contributed by atoms with Gasteiger partial charge >= 0.3 is 0 Å². The Kier molecular flexibility index (Phi) is 1.33. The summed E-state index contributed by atoms with van der Waals surface area (Å²) in [6.45, 7) is 5.79. The van der Waals surface area contributed by atoms with Gasteiger partial charge < -0.3 is 4.98 Å². The Morgan fingerprint density at radius 1 is 1.88 bits per heavy atom. The minimum absolute atomic E-state index is 0.269. The number of nitrogens with zero attached hydrogens (tertiary/aromatic N) is 1. The molecular weight excluding hydrogens is 100 g/mol. The van der Waals surface area contributed by atoms with E-state index < -0.39 is 0 Å². The topological polar surface area (TPSA) is 28.7 Å². The molecule has 1 atom stereocenters. The van der Waals surface area contributed by atoms with Crippen LogP contribution in [0.5, 0.6) is 0 Å². The Bertz CT molecular complexity index is 142. The van der Waals surface area contributed by atoms with E-state index in [-0.39, 0.29) is 5.92 Å². The lowest BCUT2D eigenvalue weighted by molar-refractivity contribution is 0.868. The molecule has 0 saturated heterocycles. The minimum atomic E-state index is 0.269. The molecule has 1 N–H and O–H groups in total. The van der Waals surface area contributed by atoms with Gasteiger partial charge in [-0.3, -0.25) is 0 Å². The average molecular weight is 109 g/mol. The number of nitrogens with one attached hydrogen (secondary N) is 1. The number of rotatable bonds is 1. The van der Waals surface area contributed by atoms with Gasteiger partial charge in [-0.25, -0.2) is 4.98 Å². The zero-order chi connectivity index (χ0) is 5.98. The summed E-state index contributed by atoms with van der Waals surface area (Å²) < 4.78 is 0. The van der Waals surface area contributed by atoms with Gasteiger partial charge in [0, 0.05) is 18.3 Å². The number of aromatic amines is 1. The molecule has 0 saturated carbocycles. The van der Waals surface area contributed by atoms with Gasteiger partial charge in [0.1, 0.15) is 5.82 Å². The van der Waals surface area contributed by atoms with Gasteiger partial charge in [-0.1, -0.05) is 6.92 Å². The molecule has 43 valence electrons. The Hall–Kier alpha value is -0.790. The summed E-state index contributed by atoms with van der Waals surface area (Å²) in [7, 11) is 0. The van der Waals surface area contributed by atoms with Crippen molar-refractivity contribution in [1.29, 1.82) is 0 Å². The number of hydrogen-bond acceptors (Lipinski definition) is 1. The van der Waals surface area contributed by atoms with E-state index in [9.17, 15) is 0 Å². The molecule has 0 aliphatic carbocycles. The first-order chi connectivity index (χ1) is 3.80. The predicted octanol–water partition coefficient (Wildman–Crippen LogP) is 1.35. The molecule has 2 nitrogen and oxygen atoms in total. The Labute approximate surface area is 49.0 Å². The average Bonchev–Trinajstić information content (AvgIpc) is 2.12. The van der Waals surface area contributed by atoms with Crippen molar-refractivity contribution >= 4 is 0 Å². The third-order valence-corrected chi connectivity index (χ3v) is 0.986. The zero-order valence-corrected chi connectivity index (χ0v) is 4.89. The third-order valence-electron chi connectivity index (χ3n) is 0.986. The molecule has 0 aromatic carbocycles. The highest BCUT2D eigenvalue weighted by Gasteiger charge is 1.97. The molecular formula is C6H9N2. The minimum Gasteiger partial charge on any atom is -0.348 e. The van der Waals surface area contributed by atoms with Crippen LogP contribution in [0.2, 0.25) is 0 Å². The van der Waals surface area contributed by atoms with Crippen molar-refractivity contribution in [1.82, 2.24) is 9.97 Å². The molecule has 0 fully saturated rings. The van der Waals surface area contributed by atoms with Crippen LogP contribution in [-0.2, 0) is 0 Å². The lowest BCUT2D eigenvalue weighted by Crippen LogP contribution is -1.88. The van der Waals surface area contributed by atoms with Gasteiger partial charge in [0.25, 0.3) is 0 Å². The van der Waals surface area contributed by atoms with E-state index in [0.29, 0.717) is 0 Å². The Balaban J connectivity index is 2.77. The number of aromatic nitrogens is 2. The monoisotopic (exact) mass is 109 g/mol. The molecule has 0 spiro atoms. The summed E-state index contributed by atoms with van der Waals surface area (Å²) in [5.41, 5.74) is 0. The number of imidazole rings is 1.